The van der Waals surface area contributed by atoms with Crippen molar-refractivity contribution in [2.24, 2.45) is 0 Å². The number of methoxy groups -OCH3 is 2. The molecule has 0 amide bonds. The van der Waals surface area contributed by atoms with E-state index in [1.54, 1.807) is 20.3 Å². The van der Waals surface area contributed by atoms with Crippen molar-refractivity contribution in [3.8, 4) is 0 Å². The maximum Gasteiger partial charge on any atom is 0.375 e. The molecular weight excluding hydrogens is 386 g/mol. The van der Waals surface area contributed by atoms with Gasteiger partial charge in [-0.1, -0.05) is 18.2 Å². The van der Waals surface area contributed by atoms with E-state index < -0.39 is 5.97 Å². The predicted molar refractivity (Wildman–Crippen MR) is 112 cm³/mol. The van der Waals surface area contributed by atoms with E-state index in [1.807, 2.05) is 38.1 Å². The molecule has 0 saturated heterocycles. The lowest BCUT2D eigenvalue weighted by Gasteiger charge is -2.09. The van der Waals surface area contributed by atoms with Crippen LogP contribution in [-0.2, 0) is 27.4 Å². The zero-order valence-corrected chi connectivity index (χ0v) is 17.8. The molecule has 0 N–H and O–H groups in total. The van der Waals surface area contributed by atoms with Crippen LogP contribution in [0.5, 0.6) is 0 Å². The van der Waals surface area contributed by atoms with Crippen LogP contribution in [0.2, 0.25) is 0 Å². The third-order valence-electron chi connectivity index (χ3n) is 5.11. The number of nitrogens with zero attached hydrogens (tertiary/aromatic N) is 1. The van der Waals surface area contributed by atoms with Crippen molar-refractivity contribution < 1.29 is 28.2 Å². The summed E-state index contributed by atoms with van der Waals surface area (Å²) in [6.07, 6.45) is 0.851. The number of benzene rings is 1. The summed E-state index contributed by atoms with van der Waals surface area (Å²) in [5, 5.41) is 0.789. The smallest absolute Gasteiger partial charge is 0.375 e. The standard InChI is InChI=1S/C23H27NO6/c1-15-12-18(16(2)24(15)10-7-11-27-3)20(25)14-29-23(26)22-19(13-28-4)17-8-5-6-9-21(17)30-22/h5-6,8-9,12H,7,10-11,13-14H2,1-4H3. The van der Waals surface area contributed by atoms with Gasteiger partial charge in [0, 0.05) is 55.3 Å². The number of hydrogen-bond acceptors (Lipinski definition) is 6. The van der Waals surface area contributed by atoms with Crippen LogP contribution >= 0.6 is 0 Å². The maximum absolute atomic E-state index is 12.7. The third-order valence-corrected chi connectivity index (χ3v) is 5.11. The number of rotatable bonds is 10. The minimum absolute atomic E-state index is 0.0656. The Morgan fingerprint density at radius 2 is 1.87 bits per heavy atom. The summed E-state index contributed by atoms with van der Waals surface area (Å²) in [7, 11) is 3.21. The summed E-state index contributed by atoms with van der Waals surface area (Å²) < 4.78 is 23.3. The first kappa shape index (κ1) is 21.8. The largest absolute Gasteiger partial charge is 0.451 e. The lowest BCUT2D eigenvalue weighted by molar-refractivity contribution is 0.0441. The van der Waals surface area contributed by atoms with Crippen LogP contribution in [0.4, 0.5) is 0 Å². The van der Waals surface area contributed by atoms with Gasteiger partial charge in [-0.15, -0.1) is 0 Å². The number of para-hydroxylation sites is 1. The minimum Gasteiger partial charge on any atom is -0.451 e. The highest BCUT2D eigenvalue weighted by Gasteiger charge is 2.23. The van der Waals surface area contributed by atoms with Crippen LogP contribution in [0.25, 0.3) is 11.0 Å². The fraction of sp³-hybridized carbons (Fsp3) is 0.391. The van der Waals surface area contributed by atoms with E-state index in [0.29, 0.717) is 23.3 Å². The minimum atomic E-state index is -0.680. The molecule has 2 heterocycles. The third kappa shape index (κ3) is 4.47. The van der Waals surface area contributed by atoms with Crippen molar-refractivity contribution in [3.05, 3.63) is 58.6 Å². The van der Waals surface area contributed by atoms with Crippen molar-refractivity contribution in [3.63, 3.8) is 0 Å². The molecule has 0 aliphatic rings. The number of aromatic nitrogens is 1. The zero-order chi connectivity index (χ0) is 21.7. The average Bonchev–Trinajstić information content (AvgIpc) is 3.25. The van der Waals surface area contributed by atoms with E-state index >= 15 is 0 Å². The molecule has 7 nitrogen and oxygen atoms in total. The molecule has 2 aromatic heterocycles. The summed E-state index contributed by atoms with van der Waals surface area (Å²) in [4.78, 5) is 25.3. The number of Topliss-reactive ketones (excluding diaryl/α,β-unsaturated/α-hetero) is 1. The monoisotopic (exact) mass is 413 g/mol. The van der Waals surface area contributed by atoms with Crippen LogP contribution in [0.15, 0.2) is 34.7 Å². The molecule has 0 spiro atoms. The number of ketones is 1. The van der Waals surface area contributed by atoms with Gasteiger partial charge in [0.2, 0.25) is 11.5 Å². The molecule has 30 heavy (non-hydrogen) atoms. The first-order valence-electron chi connectivity index (χ1n) is 9.83. The Morgan fingerprint density at radius 3 is 2.60 bits per heavy atom. The van der Waals surface area contributed by atoms with Gasteiger partial charge in [0.05, 0.1) is 6.61 Å². The number of ether oxygens (including phenoxy) is 3. The first-order valence-corrected chi connectivity index (χ1v) is 9.83. The Bertz CT molecular complexity index is 1050. The van der Waals surface area contributed by atoms with Gasteiger partial charge in [0.15, 0.2) is 6.61 Å². The summed E-state index contributed by atoms with van der Waals surface area (Å²) in [5.74, 6) is -0.866. The summed E-state index contributed by atoms with van der Waals surface area (Å²) in [6.45, 7) is 5.11. The second kappa shape index (κ2) is 9.73. The summed E-state index contributed by atoms with van der Waals surface area (Å²) in [6, 6.07) is 9.14. The van der Waals surface area contributed by atoms with Crippen LogP contribution < -0.4 is 0 Å². The van der Waals surface area contributed by atoms with Gasteiger partial charge in [-0.2, -0.15) is 0 Å². The highest BCUT2D eigenvalue weighted by Crippen LogP contribution is 2.27. The van der Waals surface area contributed by atoms with Crippen molar-refractivity contribution >= 4 is 22.7 Å². The zero-order valence-electron chi connectivity index (χ0n) is 17.8. The highest BCUT2D eigenvalue weighted by molar-refractivity contribution is 6.01. The van der Waals surface area contributed by atoms with E-state index in [9.17, 15) is 9.59 Å². The molecule has 0 aliphatic heterocycles. The molecular formula is C23H27NO6. The number of carbonyl (C=O) groups is 2. The molecule has 0 unspecified atom stereocenters. The number of fused-ring (bicyclic) bond motifs is 1. The highest BCUT2D eigenvalue weighted by atomic mass is 16.5. The van der Waals surface area contributed by atoms with E-state index in [1.165, 1.54) is 0 Å². The second-order valence-corrected chi connectivity index (χ2v) is 7.12. The first-order chi connectivity index (χ1) is 14.5. The topological polar surface area (TPSA) is 79.9 Å². The molecule has 3 aromatic rings. The molecule has 0 atom stereocenters. The molecule has 160 valence electrons. The quantitative estimate of drug-likeness (QED) is 0.283. The summed E-state index contributed by atoms with van der Waals surface area (Å²) in [5.41, 5.74) is 3.58. The van der Waals surface area contributed by atoms with E-state index in [4.69, 9.17) is 18.6 Å². The Morgan fingerprint density at radius 1 is 1.10 bits per heavy atom. The van der Waals surface area contributed by atoms with Gasteiger partial charge in [-0.25, -0.2) is 4.79 Å². The Balaban J connectivity index is 1.72. The molecule has 0 bridgehead atoms. The lowest BCUT2D eigenvalue weighted by atomic mass is 10.1. The van der Waals surface area contributed by atoms with E-state index in [2.05, 4.69) is 4.57 Å². The number of furan rings is 1. The van der Waals surface area contributed by atoms with Crippen molar-refractivity contribution in [1.29, 1.82) is 0 Å². The molecule has 0 aliphatic carbocycles. The van der Waals surface area contributed by atoms with Crippen molar-refractivity contribution in [2.75, 3.05) is 27.4 Å². The number of hydrogen-bond donors (Lipinski definition) is 0. The molecule has 1 aromatic carbocycles. The van der Waals surface area contributed by atoms with Crippen molar-refractivity contribution in [1.82, 2.24) is 4.57 Å². The Kier molecular flexibility index (Phi) is 7.07. The van der Waals surface area contributed by atoms with Crippen LogP contribution in [-0.4, -0.2) is 43.8 Å². The number of carbonyl (C=O) groups excluding carboxylic acids is 2. The maximum atomic E-state index is 12.7. The van der Waals surface area contributed by atoms with Gasteiger partial charge in [0.1, 0.15) is 5.58 Å². The van der Waals surface area contributed by atoms with Crippen molar-refractivity contribution in [2.45, 2.75) is 33.4 Å². The lowest BCUT2D eigenvalue weighted by Crippen LogP contribution is -2.16. The van der Waals surface area contributed by atoms with E-state index in [0.717, 1.165) is 29.7 Å². The predicted octanol–water partition coefficient (Wildman–Crippen LogP) is 4.07. The number of aryl methyl sites for hydroxylation is 1. The molecule has 0 radical (unpaired) electrons. The number of esters is 1. The Hall–Kier alpha value is -2.90. The van der Waals surface area contributed by atoms with Crippen LogP contribution in [0.1, 0.15) is 44.3 Å². The Labute approximate surface area is 175 Å². The molecule has 3 rings (SSSR count). The summed E-state index contributed by atoms with van der Waals surface area (Å²) >= 11 is 0. The molecule has 7 heteroatoms. The fourth-order valence-electron chi connectivity index (χ4n) is 3.62. The van der Waals surface area contributed by atoms with Gasteiger partial charge in [-0.05, 0) is 32.4 Å². The van der Waals surface area contributed by atoms with Gasteiger partial charge < -0.3 is 23.2 Å². The normalized spacial score (nSPS) is 11.2. The SMILES string of the molecule is COCCCn1c(C)cc(C(=O)COC(=O)c2oc3ccccc3c2COC)c1C. The molecule has 0 fully saturated rings. The van der Waals surface area contributed by atoms with Gasteiger partial charge in [0.25, 0.3) is 0 Å². The second-order valence-electron chi connectivity index (χ2n) is 7.12. The van der Waals surface area contributed by atoms with Crippen LogP contribution in [0, 0.1) is 13.8 Å². The van der Waals surface area contributed by atoms with Gasteiger partial charge >= 0.3 is 5.97 Å². The van der Waals surface area contributed by atoms with Crippen LogP contribution in [0.3, 0.4) is 0 Å². The fourth-order valence-corrected chi connectivity index (χ4v) is 3.62. The average molecular weight is 413 g/mol. The molecule has 0 saturated carbocycles. The van der Waals surface area contributed by atoms with E-state index in [-0.39, 0.29) is 24.8 Å². The van der Waals surface area contributed by atoms with Gasteiger partial charge in [-0.3, -0.25) is 4.79 Å².